The molecule has 0 spiro atoms. The minimum atomic E-state index is 0.404. The van der Waals surface area contributed by atoms with Crippen LogP contribution in [0.2, 0.25) is 0 Å². The average molecular weight is 366 g/mol. The summed E-state index contributed by atoms with van der Waals surface area (Å²) < 4.78 is 2.02. The zero-order valence-corrected chi connectivity index (χ0v) is 15.6. The number of nitrogens with zero attached hydrogens (tertiary/aromatic N) is 5. The zero-order chi connectivity index (χ0) is 17.5. The molecule has 0 saturated heterocycles. The third-order valence-electron chi connectivity index (χ3n) is 5.50. The number of thioether (sulfide) groups is 1. The van der Waals surface area contributed by atoms with Crippen LogP contribution in [0.4, 0.5) is 5.82 Å². The number of hydrogen-bond donors (Lipinski definition) is 1. The van der Waals surface area contributed by atoms with Crippen LogP contribution in [0.25, 0.3) is 11.2 Å². The van der Waals surface area contributed by atoms with Crippen molar-refractivity contribution in [1.82, 2.24) is 25.0 Å². The lowest BCUT2D eigenvalue weighted by Gasteiger charge is -2.11. The van der Waals surface area contributed by atoms with Crippen molar-refractivity contribution in [2.24, 2.45) is 0 Å². The maximum absolute atomic E-state index is 4.71. The fraction of sp³-hybridized carbons (Fsp3) is 0.474. The molecule has 26 heavy (non-hydrogen) atoms. The van der Waals surface area contributed by atoms with Gasteiger partial charge in [0.15, 0.2) is 22.1 Å². The number of rotatable bonds is 5. The van der Waals surface area contributed by atoms with Gasteiger partial charge in [-0.2, -0.15) is 0 Å². The molecule has 134 valence electrons. The van der Waals surface area contributed by atoms with E-state index in [0.717, 1.165) is 28.6 Å². The molecule has 6 nitrogen and oxygen atoms in total. The van der Waals surface area contributed by atoms with Gasteiger partial charge in [-0.15, -0.1) is 5.10 Å². The lowest BCUT2D eigenvalue weighted by Crippen LogP contribution is -2.10. The van der Waals surface area contributed by atoms with Crippen molar-refractivity contribution >= 4 is 28.7 Å². The van der Waals surface area contributed by atoms with Crippen molar-refractivity contribution in [3.63, 3.8) is 0 Å². The van der Waals surface area contributed by atoms with E-state index in [9.17, 15) is 0 Å². The van der Waals surface area contributed by atoms with Crippen molar-refractivity contribution in [1.29, 1.82) is 0 Å². The number of benzene rings is 1. The Labute approximate surface area is 156 Å². The molecule has 2 atom stereocenters. The SMILES string of the molecule is CSc1nc(NC2CC2c2ccccc2)c2nnn(C3CCCC3)c2n1. The molecule has 0 amide bonds. The van der Waals surface area contributed by atoms with Crippen LogP contribution in [0, 0.1) is 0 Å². The summed E-state index contributed by atoms with van der Waals surface area (Å²) in [5, 5.41) is 13.2. The first-order valence-corrected chi connectivity index (χ1v) is 10.5. The van der Waals surface area contributed by atoms with E-state index < -0.39 is 0 Å². The van der Waals surface area contributed by atoms with Gasteiger partial charge in [0.05, 0.1) is 6.04 Å². The number of nitrogens with one attached hydrogen (secondary N) is 1. The van der Waals surface area contributed by atoms with E-state index in [1.54, 1.807) is 11.8 Å². The second-order valence-corrected chi connectivity index (χ2v) is 7.98. The Morgan fingerprint density at radius 3 is 2.69 bits per heavy atom. The molecular formula is C19H22N6S. The summed E-state index contributed by atoms with van der Waals surface area (Å²) in [4.78, 5) is 9.41. The Hall–Kier alpha value is -2.15. The van der Waals surface area contributed by atoms with Gasteiger partial charge in [0.1, 0.15) is 0 Å². The summed E-state index contributed by atoms with van der Waals surface area (Å²) >= 11 is 1.57. The van der Waals surface area contributed by atoms with Crippen molar-refractivity contribution in [3.8, 4) is 0 Å². The van der Waals surface area contributed by atoms with Gasteiger partial charge >= 0.3 is 0 Å². The van der Waals surface area contributed by atoms with Crippen LogP contribution in [0.1, 0.15) is 49.6 Å². The minimum Gasteiger partial charge on any atom is -0.365 e. The van der Waals surface area contributed by atoms with Gasteiger partial charge in [-0.25, -0.2) is 14.6 Å². The van der Waals surface area contributed by atoms with Gasteiger partial charge < -0.3 is 5.32 Å². The van der Waals surface area contributed by atoms with Crippen LogP contribution < -0.4 is 5.32 Å². The first-order valence-electron chi connectivity index (χ1n) is 9.32. The van der Waals surface area contributed by atoms with E-state index in [1.165, 1.54) is 31.2 Å². The van der Waals surface area contributed by atoms with Gasteiger partial charge in [0, 0.05) is 12.0 Å². The molecule has 1 aromatic carbocycles. The highest BCUT2D eigenvalue weighted by Gasteiger charge is 2.39. The molecule has 0 aliphatic heterocycles. The number of anilines is 1. The molecule has 7 heteroatoms. The molecule has 2 saturated carbocycles. The summed E-state index contributed by atoms with van der Waals surface area (Å²) in [5.41, 5.74) is 3.05. The van der Waals surface area contributed by atoms with Crippen molar-refractivity contribution in [2.75, 3.05) is 11.6 Å². The Kier molecular flexibility index (Phi) is 4.04. The van der Waals surface area contributed by atoms with Crippen LogP contribution in [-0.4, -0.2) is 37.3 Å². The summed E-state index contributed by atoms with van der Waals surface area (Å²) in [5.74, 6) is 1.37. The molecule has 2 unspecified atom stereocenters. The predicted octanol–water partition coefficient (Wildman–Crippen LogP) is 4.03. The van der Waals surface area contributed by atoms with Crippen LogP contribution >= 0.6 is 11.8 Å². The van der Waals surface area contributed by atoms with Crippen molar-refractivity contribution in [3.05, 3.63) is 35.9 Å². The molecule has 2 heterocycles. The third kappa shape index (κ3) is 2.84. The second kappa shape index (κ2) is 6.54. The topological polar surface area (TPSA) is 68.5 Å². The molecular weight excluding hydrogens is 344 g/mol. The molecule has 2 aromatic heterocycles. The monoisotopic (exact) mass is 366 g/mol. The summed E-state index contributed by atoms with van der Waals surface area (Å²) in [6, 6.07) is 11.5. The highest BCUT2D eigenvalue weighted by atomic mass is 32.2. The van der Waals surface area contributed by atoms with Gasteiger partial charge in [-0.05, 0) is 31.1 Å². The summed E-state index contributed by atoms with van der Waals surface area (Å²) in [6.45, 7) is 0. The average Bonchev–Trinajstić information content (AvgIpc) is 3.07. The fourth-order valence-corrected chi connectivity index (χ4v) is 4.36. The minimum absolute atomic E-state index is 0.404. The van der Waals surface area contributed by atoms with E-state index in [1.807, 2.05) is 10.9 Å². The van der Waals surface area contributed by atoms with E-state index in [-0.39, 0.29) is 0 Å². The third-order valence-corrected chi connectivity index (χ3v) is 6.04. The molecule has 0 radical (unpaired) electrons. The Morgan fingerprint density at radius 1 is 1.12 bits per heavy atom. The fourth-order valence-electron chi connectivity index (χ4n) is 4.00. The van der Waals surface area contributed by atoms with Crippen LogP contribution in [-0.2, 0) is 0 Å². The maximum atomic E-state index is 4.71. The molecule has 2 aliphatic rings. The Bertz CT molecular complexity index is 918. The van der Waals surface area contributed by atoms with E-state index in [2.05, 4.69) is 46.0 Å². The van der Waals surface area contributed by atoms with E-state index in [0.29, 0.717) is 18.0 Å². The van der Waals surface area contributed by atoms with Crippen LogP contribution in [0.5, 0.6) is 0 Å². The van der Waals surface area contributed by atoms with Crippen LogP contribution in [0.3, 0.4) is 0 Å². The predicted molar refractivity (Wildman–Crippen MR) is 104 cm³/mol. The largest absolute Gasteiger partial charge is 0.365 e. The second-order valence-electron chi connectivity index (χ2n) is 7.21. The van der Waals surface area contributed by atoms with E-state index >= 15 is 0 Å². The Morgan fingerprint density at radius 2 is 1.92 bits per heavy atom. The highest BCUT2D eigenvalue weighted by Crippen LogP contribution is 2.43. The lowest BCUT2D eigenvalue weighted by atomic mass is 10.1. The normalized spacial score (nSPS) is 22.8. The first-order chi connectivity index (χ1) is 12.8. The lowest BCUT2D eigenvalue weighted by molar-refractivity contribution is 0.463. The molecule has 2 aliphatic carbocycles. The Balaban J connectivity index is 1.46. The van der Waals surface area contributed by atoms with Gasteiger partial charge in [-0.3, -0.25) is 0 Å². The van der Waals surface area contributed by atoms with Crippen molar-refractivity contribution in [2.45, 2.75) is 55.3 Å². The molecule has 0 bridgehead atoms. The van der Waals surface area contributed by atoms with Crippen molar-refractivity contribution < 1.29 is 0 Å². The summed E-state index contributed by atoms with van der Waals surface area (Å²) in [6.07, 6.45) is 7.99. The standard InChI is InChI=1S/C19H22N6S/c1-26-19-21-17(20-15-11-14(15)12-7-3-2-4-8-12)16-18(22-19)25(24-23-16)13-9-5-6-10-13/h2-4,7-8,13-15H,5-6,9-11H2,1H3,(H,20,21,22). The smallest absolute Gasteiger partial charge is 0.191 e. The van der Waals surface area contributed by atoms with Gasteiger partial charge in [0.25, 0.3) is 0 Å². The summed E-state index contributed by atoms with van der Waals surface area (Å²) in [7, 11) is 0. The number of hydrogen-bond acceptors (Lipinski definition) is 6. The molecule has 2 fully saturated rings. The van der Waals surface area contributed by atoms with Gasteiger partial charge in [0.2, 0.25) is 0 Å². The van der Waals surface area contributed by atoms with E-state index in [4.69, 9.17) is 9.97 Å². The number of aromatic nitrogens is 5. The molecule has 3 aromatic rings. The zero-order valence-electron chi connectivity index (χ0n) is 14.8. The molecule has 5 rings (SSSR count). The highest BCUT2D eigenvalue weighted by molar-refractivity contribution is 7.98. The van der Waals surface area contributed by atoms with Crippen LogP contribution in [0.15, 0.2) is 35.5 Å². The molecule has 1 N–H and O–H groups in total. The number of fused-ring (bicyclic) bond motifs is 1. The first kappa shape index (κ1) is 16.1. The van der Waals surface area contributed by atoms with Gasteiger partial charge in [-0.1, -0.05) is 60.1 Å². The maximum Gasteiger partial charge on any atom is 0.191 e. The quantitative estimate of drug-likeness (QED) is 0.543.